The highest BCUT2D eigenvalue weighted by Crippen LogP contribution is 2.29. The Hall–Kier alpha value is -2.86. The zero-order chi connectivity index (χ0) is 21.1. The molecule has 0 radical (unpaired) electrons. The first-order valence-electron chi connectivity index (χ1n) is 9.40. The monoisotopic (exact) mass is 411 g/mol. The fourth-order valence-corrected chi connectivity index (χ4v) is 4.63. The molecule has 29 heavy (non-hydrogen) atoms. The van der Waals surface area contributed by atoms with E-state index in [9.17, 15) is 13.2 Å². The van der Waals surface area contributed by atoms with Gasteiger partial charge in [0.15, 0.2) is 9.84 Å². The minimum Gasteiger partial charge on any atom is -0.468 e. The van der Waals surface area contributed by atoms with Gasteiger partial charge in [0.2, 0.25) is 0 Å². The normalized spacial score (nSPS) is 13.1. The lowest BCUT2D eigenvalue weighted by Crippen LogP contribution is -2.31. The minimum absolute atomic E-state index is 0.0108. The van der Waals surface area contributed by atoms with Gasteiger partial charge in [0.1, 0.15) is 11.0 Å². The van der Waals surface area contributed by atoms with Crippen LogP contribution < -0.4 is 5.32 Å². The quantitative estimate of drug-likeness (QED) is 0.647. The lowest BCUT2D eigenvalue weighted by Gasteiger charge is -2.19. The van der Waals surface area contributed by atoms with E-state index in [-0.39, 0.29) is 28.5 Å². The standard InChI is InChI=1S/C23H25NO4S/c1-23(2,3)18-13-11-17(12-14-18)22(25)24-16-21(20-10-7-15-28-20)29(26,27)19-8-5-4-6-9-19/h4-15,21H,16H2,1-3H3,(H,24,25)/t21-/m1/s1. The van der Waals surface area contributed by atoms with Crippen molar-refractivity contribution in [1.29, 1.82) is 0 Å². The highest BCUT2D eigenvalue weighted by molar-refractivity contribution is 7.91. The molecule has 0 saturated carbocycles. The zero-order valence-corrected chi connectivity index (χ0v) is 17.6. The highest BCUT2D eigenvalue weighted by Gasteiger charge is 2.31. The van der Waals surface area contributed by atoms with E-state index in [2.05, 4.69) is 26.1 Å². The molecule has 1 amide bonds. The van der Waals surface area contributed by atoms with Crippen molar-refractivity contribution < 1.29 is 17.6 Å². The van der Waals surface area contributed by atoms with Gasteiger partial charge in [-0.05, 0) is 47.4 Å². The van der Waals surface area contributed by atoms with Gasteiger partial charge >= 0.3 is 0 Å². The number of nitrogens with one attached hydrogen (secondary N) is 1. The lowest BCUT2D eigenvalue weighted by atomic mass is 9.87. The summed E-state index contributed by atoms with van der Waals surface area (Å²) >= 11 is 0. The van der Waals surface area contributed by atoms with Crippen LogP contribution in [0.2, 0.25) is 0 Å². The molecule has 0 fully saturated rings. The van der Waals surface area contributed by atoms with Crippen LogP contribution in [0.5, 0.6) is 0 Å². The third-order valence-electron chi connectivity index (χ3n) is 4.77. The third kappa shape index (κ3) is 4.77. The first-order valence-corrected chi connectivity index (χ1v) is 11.0. The Morgan fingerprint density at radius 2 is 1.62 bits per heavy atom. The second kappa shape index (κ2) is 8.25. The van der Waals surface area contributed by atoms with Crippen molar-refractivity contribution in [2.24, 2.45) is 0 Å². The van der Waals surface area contributed by atoms with E-state index in [0.29, 0.717) is 5.56 Å². The topological polar surface area (TPSA) is 76.4 Å². The fourth-order valence-electron chi connectivity index (χ4n) is 3.02. The molecule has 1 heterocycles. The summed E-state index contributed by atoms with van der Waals surface area (Å²) in [4.78, 5) is 12.8. The van der Waals surface area contributed by atoms with Gasteiger partial charge in [-0.2, -0.15) is 0 Å². The molecule has 152 valence electrons. The van der Waals surface area contributed by atoms with Crippen LogP contribution in [0.4, 0.5) is 0 Å². The Labute approximate surface area is 171 Å². The van der Waals surface area contributed by atoms with Crippen molar-refractivity contribution in [2.75, 3.05) is 6.54 Å². The van der Waals surface area contributed by atoms with Gasteiger partial charge in [0, 0.05) is 12.1 Å². The summed E-state index contributed by atoms with van der Waals surface area (Å²) in [6.45, 7) is 6.21. The second-order valence-electron chi connectivity index (χ2n) is 7.90. The van der Waals surface area contributed by atoms with E-state index in [4.69, 9.17) is 4.42 Å². The van der Waals surface area contributed by atoms with Crippen LogP contribution in [-0.4, -0.2) is 20.9 Å². The van der Waals surface area contributed by atoms with Crippen molar-refractivity contribution in [1.82, 2.24) is 5.32 Å². The number of amides is 1. The number of benzene rings is 2. The molecule has 0 aliphatic carbocycles. The maximum atomic E-state index is 13.1. The summed E-state index contributed by atoms with van der Waals surface area (Å²) in [6.07, 6.45) is 1.43. The zero-order valence-electron chi connectivity index (χ0n) is 16.8. The molecular formula is C23H25NO4S. The van der Waals surface area contributed by atoms with Gasteiger partial charge < -0.3 is 9.73 Å². The van der Waals surface area contributed by atoms with E-state index < -0.39 is 15.1 Å². The molecular weight excluding hydrogens is 386 g/mol. The van der Waals surface area contributed by atoms with Crippen LogP contribution in [0.3, 0.4) is 0 Å². The van der Waals surface area contributed by atoms with Gasteiger partial charge in [-0.25, -0.2) is 8.42 Å². The molecule has 0 bridgehead atoms. The summed E-state index contributed by atoms with van der Waals surface area (Å²) in [5, 5.41) is 1.73. The SMILES string of the molecule is CC(C)(C)c1ccc(C(=O)NC[C@H](c2ccco2)S(=O)(=O)c2ccccc2)cc1. The largest absolute Gasteiger partial charge is 0.468 e. The minimum atomic E-state index is -3.74. The number of carbonyl (C=O) groups is 1. The van der Waals surface area contributed by atoms with Crippen molar-refractivity contribution in [3.63, 3.8) is 0 Å². The molecule has 5 nitrogen and oxygen atoms in total. The molecule has 0 spiro atoms. The molecule has 1 aromatic heterocycles. The van der Waals surface area contributed by atoms with Crippen LogP contribution >= 0.6 is 0 Å². The van der Waals surface area contributed by atoms with E-state index >= 15 is 0 Å². The van der Waals surface area contributed by atoms with Gasteiger partial charge in [0.05, 0.1) is 11.2 Å². The van der Waals surface area contributed by atoms with Crippen molar-refractivity contribution in [3.05, 3.63) is 89.9 Å². The molecule has 2 aromatic carbocycles. The number of hydrogen-bond acceptors (Lipinski definition) is 4. The third-order valence-corrected chi connectivity index (χ3v) is 6.85. The summed E-state index contributed by atoms with van der Waals surface area (Å²) < 4.78 is 31.6. The number of sulfone groups is 1. The highest BCUT2D eigenvalue weighted by atomic mass is 32.2. The Morgan fingerprint density at radius 3 is 2.17 bits per heavy atom. The molecule has 1 atom stereocenters. The first-order chi connectivity index (χ1) is 13.7. The molecule has 3 rings (SSSR count). The molecule has 0 unspecified atom stereocenters. The molecule has 3 aromatic rings. The van der Waals surface area contributed by atoms with Crippen molar-refractivity contribution >= 4 is 15.7 Å². The molecule has 0 aliphatic rings. The van der Waals surface area contributed by atoms with Crippen LogP contribution in [-0.2, 0) is 15.3 Å². The molecule has 0 aliphatic heterocycles. The first kappa shape index (κ1) is 20.9. The Balaban J connectivity index is 1.80. The number of furan rings is 1. The average molecular weight is 412 g/mol. The smallest absolute Gasteiger partial charge is 0.251 e. The van der Waals surface area contributed by atoms with Crippen LogP contribution in [0, 0.1) is 0 Å². The van der Waals surface area contributed by atoms with Crippen molar-refractivity contribution in [3.8, 4) is 0 Å². The predicted octanol–water partition coefficient (Wildman–Crippen LogP) is 4.52. The predicted molar refractivity (Wildman–Crippen MR) is 113 cm³/mol. The van der Waals surface area contributed by atoms with Crippen molar-refractivity contribution in [2.45, 2.75) is 36.3 Å². The van der Waals surface area contributed by atoms with Gasteiger partial charge in [-0.15, -0.1) is 0 Å². The van der Waals surface area contributed by atoms with Crippen LogP contribution in [0.25, 0.3) is 0 Å². The number of rotatable bonds is 6. The average Bonchev–Trinajstić information content (AvgIpc) is 3.22. The Kier molecular flexibility index (Phi) is 5.94. The maximum Gasteiger partial charge on any atom is 0.251 e. The van der Waals surface area contributed by atoms with Crippen LogP contribution in [0.1, 0.15) is 47.7 Å². The second-order valence-corrected chi connectivity index (χ2v) is 10.0. The van der Waals surface area contributed by atoms with Gasteiger partial charge in [-0.3, -0.25) is 4.79 Å². The summed E-state index contributed by atoms with van der Waals surface area (Å²) in [5.74, 6) is -0.0393. The van der Waals surface area contributed by atoms with E-state index in [1.807, 2.05) is 12.1 Å². The van der Waals surface area contributed by atoms with E-state index in [1.54, 1.807) is 42.5 Å². The van der Waals surface area contributed by atoms with Gasteiger partial charge in [0.25, 0.3) is 5.91 Å². The maximum absolute atomic E-state index is 13.1. The van der Waals surface area contributed by atoms with E-state index in [1.165, 1.54) is 18.4 Å². The Bertz CT molecular complexity index is 1050. The molecule has 0 saturated heterocycles. The summed E-state index contributed by atoms with van der Waals surface area (Å²) in [5.41, 5.74) is 1.59. The molecule has 1 N–H and O–H groups in total. The van der Waals surface area contributed by atoms with E-state index in [0.717, 1.165) is 5.56 Å². The number of carbonyl (C=O) groups excluding carboxylic acids is 1. The summed E-state index contributed by atoms with van der Waals surface area (Å²) in [7, 11) is -3.74. The number of hydrogen-bond donors (Lipinski definition) is 1. The van der Waals surface area contributed by atoms with Crippen LogP contribution in [0.15, 0.2) is 82.3 Å². The Morgan fingerprint density at radius 1 is 0.966 bits per heavy atom. The summed E-state index contributed by atoms with van der Waals surface area (Å²) in [6, 6.07) is 18.8. The molecule has 6 heteroatoms. The van der Waals surface area contributed by atoms with Gasteiger partial charge in [-0.1, -0.05) is 51.1 Å². The fraction of sp³-hybridized carbons (Fsp3) is 0.261. The lowest BCUT2D eigenvalue weighted by molar-refractivity contribution is 0.0953.